The number of nitrogens with zero attached hydrogens (tertiary/aromatic N) is 4. The molecule has 24 heavy (non-hydrogen) atoms. The highest BCUT2D eigenvalue weighted by molar-refractivity contribution is 7.16. The van der Waals surface area contributed by atoms with Gasteiger partial charge in [0, 0.05) is 0 Å². The van der Waals surface area contributed by atoms with Gasteiger partial charge in [-0.1, -0.05) is 71.1 Å². The zero-order valence-corrected chi connectivity index (χ0v) is 16.7. The molecular weight excluding hydrogens is 314 g/mol. The van der Waals surface area contributed by atoms with Crippen molar-refractivity contribution < 1.29 is 0 Å². The Morgan fingerprint density at radius 2 is 0.875 bits per heavy atom. The van der Waals surface area contributed by atoms with Crippen molar-refractivity contribution in [3.05, 3.63) is 0 Å². The fourth-order valence-electron chi connectivity index (χ4n) is 2.19. The molecule has 0 aliphatic carbocycles. The molecule has 0 aliphatic heterocycles. The lowest BCUT2D eigenvalue weighted by atomic mass is 9.30. The number of unbranched alkanes of at least 4 members (excludes halogenated alkanes) is 11. The third-order valence-electron chi connectivity index (χ3n) is 3.88. The van der Waals surface area contributed by atoms with Crippen molar-refractivity contribution in [2.75, 3.05) is 6.16 Å². The molecule has 132 valence electrons. The minimum atomic E-state index is -2.72. The van der Waals surface area contributed by atoms with E-state index in [0.717, 1.165) is 0 Å². The maximum atomic E-state index is 8.09. The normalized spacial score (nSPS) is 9.71. The number of hydrogen-bond acceptors (Lipinski definition) is 4. The van der Waals surface area contributed by atoms with Gasteiger partial charge < -0.3 is 0 Å². The second-order valence-corrected chi connectivity index (χ2v) is 6.83. The summed E-state index contributed by atoms with van der Waals surface area (Å²) in [5.74, 6) is 5.38. The van der Waals surface area contributed by atoms with Gasteiger partial charge in [0.05, 0.1) is 6.16 Å². The molecule has 0 heterocycles. The molecule has 4 nitrogen and oxygen atoms in total. The fraction of sp³-hybridized carbons (Fsp3) is 0.778. The summed E-state index contributed by atoms with van der Waals surface area (Å²) in [6.45, 7) is 2.29. The standard InChI is InChI=1S/C14H31P.C4BN4/c1-2-3-4-5-6-7-8-9-10-11-12-13-14-15;6-1-5(2-7,3-8)4-9/h2-15H2,1H3;/q;-1/p+1. The van der Waals surface area contributed by atoms with Gasteiger partial charge in [-0.3, -0.25) is 0 Å². The first kappa shape index (κ1) is 24.7. The lowest BCUT2D eigenvalue weighted by Gasteiger charge is -2.01. The summed E-state index contributed by atoms with van der Waals surface area (Å²) in [5, 5.41) is 32.3. The first-order chi connectivity index (χ1) is 11.7. The van der Waals surface area contributed by atoms with Crippen LogP contribution >= 0.6 is 9.24 Å². The first-order valence-electron chi connectivity index (χ1n) is 9.26. The van der Waals surface area contributed by atoms with E-state index in [1.165, 1.54) is 107 Å². The molecule has 0 rings (SSSR count). The molecule has 0 saturated carbocycles. The van der Waals surface area contributed by atoms with Gasteiger partial charge >= 0.3 is 6.15 Å². The van der Waals surface area contributed by atoms with Crippen molar-refractivity contribution in [2.24, 2.45) is 0 Å². The number of hydrogen-bond donors (Lipinski definition) is 0. The summed E-state index contributed by atoms with van der Waals surface area (Å²) in [6, 6.07) is 0. The van der Waals surface area contributed by atoms with Crippen LogP contribution in [0, 0.1) is 44.9 Å². The van der Waals surface area contributed by atoms with E-state index in [1.807, 2.05) is 0 Å². The van der Waals surface area contributed by atoms with Gasteiger partial charge in [-0.15, -0.1) is 23.9 Å². The average Bonchev–Trinajstić information content (AvgIpc) is 2.63. The summed E-state index contributed by atoms with van der Waals surface area (Å²) in [7, 11) is 2.11. The number of nitriles is 4. The summed E-state index contributed by atoms with van der Waals surface area (Å²) in [6.07, 6.45) is 16.3. The molecule has 1 atom stereocenters. The predicted octanol–water partition coefficient (Wildman–Crippen LogP) is 4.98. The van der Waals surface area contributed by atoms with Crippen LogP contribution in [-0.2, 0) is 0 Å². The van der Waals surface area contributed by atoms with Gasteiger partial charge in [-0.2, -0.15) is 0 Å². The van der Waals surface area contributed by atoms with Crippen LogP contribution in [0.4, 0.5) is 0 Å². The van der Waals surface area contributed by atoms with Crippen molar-refractivity contribution in [3.8, 4) is 23.9 Å². The number of rotatable bonds is 12. The van der Waals surface area contributed by atoms with Gasteiger partial charge in [-0.05, 0) is 22.1 Å². The third-order valence-corrected chi connectivity index (χ3v) is 4.38. The van der Waals surface area contributed by atoms with Crippen molar-refractivity contribution in [1.29, 1.82) is 21.0 Å². The van der Waals surface area contributed by atoms with E-state index < -0.39 is 6.15 Å². The largest absolute Gasteiger partial charge is 0.383 e. The zero-order valence-electron chi connectivity index (χ0n) is 15.3. The molecule has 0 N–H and O–H groups in total. The molecule has 0 amide bonds. The molecular formula is C18H32BN4P. The smallest absolute Gasteiger partial charge is 0.245 e. The average molecular weight is 346 g/mol. The zero-order chi connectivity index (χ0) is 18.5. The molecule has 0 aromatic rings. The maximum absolute atomic E-state index is 8.09. The summed E-state index contributed by atoms with van der Waals surface area (Å²) >= 11 is 0. The van der Waals surface area contributed by atoms with Crippen molar-refractivity contribution >= 4 is 15.4 Å². The Bertz CT molecular complexity index is 380. The molecule has 0 bridgehead atoms. The van der Waals surface area contributed by atoms with Crippen molar-refractivity contribution in [2.45, 2.75) is 84.0 Å². The van der Waals surface area contributed by atoms with E-state index in [2.05, 4.69) is 16.2 Å². The molecule has 0 aliphatic rings. The Balaban J connectivity index is 0. The molecule has 0 saturated heterocycles. The van der Waals surface area contributed by atoms with Crippen LogP contribution in [0.5, 0.6) is 0 Å². The third kappa shape index (κ3) is 15.4. The molecule has 0 fully saturated rings. The summed E-state index contributed by atoms with van der Waals surface area (Å²) < 4.78 is 0. The van der Waals surface area contributed by atoms with E-state index in [1.54, 1.807) is 0 Å². The van der Waals surface area contributed by atoms with Crippen molar-refractivity contribution in [1.82, 2.24) is 0 Å². The predicted molar refractivity (Wildman–Crippen MR) is 105 cm³/mol. The van der Waals surface area contributed by atoms with Gasteiger partial charge in [0.25, 0.3) is 0 Å². The van der Waals surface area contributed by atoms with E-state index in [9.17, 15) is 0 Å². The minimum absolute atomic E-state index is 1.34. The van der Waals surface area contributed by atoms with Crippen LogP contribution in [0.25, 0.3) is 0 Å². The quantitative estimate of drug-likeness (QED) is 0.283. The Morgan fingerprint density at radius 1 is 0.583 bits per heavy atom. The van der Waals surface area contributed by atoms with Crippen LogP contribution in [0.1, 0.15) is 84.0 Å². The van der Waals surface area contributed by atoms with Crippen LogP contribution in [0.15, 0.2) is 0 Å². The van der Waals surface area contributed by atoms with Crippen LogP contribution in [-0.4, -0.2) is 12.3 Å². The Kier molecular flexibility index (Phi) is 20.1. The summed E-state index contributed by atoms with van der Waals surface area (Å²) in [4.78, 5) is 0. The van der Waals surface area contributed by atoms with Gasteiger partial charge in [-0.25, -0.2) is 21.0 Å². The van der Waals surface area contributed by atoms with Gasteiger partial charge in [0.1, 0.15) is 0 Å². The fourth-order valence-corrected chi connectivity index (χ4v) is 2.54. The Morgan fingerprint density at radius 3 is 1.08 bits per heavy atom. The molecule has 1 unspecified atom stereocenters. The maximum Gasteiger partial charge on any atom is 0.383 e. The van der Waals surface area contributed by atoms with Crippen LogP contribution < -0.4 is 0 Å². The van der Waals surface area contributed by atoms with E-state index in [-0.39, 0.29) is 0 Å². The molecule has 6 heteroatoms. The Labute approximate surface area is 151 Å². The molecule has 0 radical (unpaired) electrons. The van der Waals surface area contributed by atoms with Gasteiger partial charge in [0.2, 0.25) is 0 Å². The van der Waals surface area contributed by atoms with Gasteiger partial charge in [0.15, 0.2) is 0 Å². The highest BCUT2D eigenvalue weighted by atomic mass is 31.0. The molecule has 0 aromatic carbocycles. The Hall–Kier alpha value is -1.55. The lowest BCUT2D eigenvalue weighted by molar-refractivity contribution is 0.548. The topological polar surface area (TPSA) is 95.2 Å². The lowest BCUT2D eigenvalue weighted by Crippen LogP contribution is -2.26. The highest BCUT2D eigenvalue weighted by Gasteiger charge is 2.22. The monoisotopic (exact) mass is 346 g/mol. The van der Waals surface area contributed by atoms with E-state index >= 15 is 0 Å². The highest BCUT2D eigenvalue weighted by Crippen LogP contribution is 2.12. The molecule has 0 spiro atoms. The van der Waals surface area contributed by atoms with Crippen LogP contribution in [0.3, 0.4) is 0 Å². The second kappa shape index (κ2) is 19.5. The van der Waals surface area contributed by atoms with Crippen LogP contribution in [0.2, 0.25) is 0 Å². The second-order valence-electron chi connectivity index (χ2n) is 6.13. The summed E-state index contributed by atoms with van der Waals surface area (Å²) in [5.41, 5.74) is 0. The van der Waals surface area contributed by atoms with Crippen molar-refractivity contribution in [3.63, 3.8) is 0 Å². The molecule has 0 aromatic heterocycles. The SMILES string of the molecule is CCCCCCCCCCCCCC[PH3+].N#C[B-](C#N)(C#N)C#N. The minimum Gasteiger partial charge on any atom is -0.245 e. The van der Waals surface area contributed by atoms with E-state index in [4.69, 9.17) is 21.0 Å². The first-order valence-corrected chi connectivity index (χ1v) is 10.3. The van der Waals surface area contributed by atoms with E-state index in [0.29, 0.717) is 0 Å².